The molecule has 114 valence electrons. The van der Waals surface area contributed by atoms with Gasteiger partial charge in [0.05, 0.1) is 6.54 Å². The summed E-state index contributed by atoms with van der Waals surface area (Å²) in [6.07, 6.45) is 1.57. The SMILES string of the molecule is C[C@H]1C[C@@H](C(=O)NCC(=O)Nc2ccc(F)cc2)CCN1. The summed E-state index contributed by atoms with van der Waals surface area (Å²) in [6, 6.07) is 5.81. The van der Waals surface area contributed by atoms with Gasteiger partial charge in [0.1, 0.15) is 5.82 Å². The number of halogens is 1. The monoisotopic (exact) mass is 293 g/mol. The van der Waals surface area contributed by atoms with E-state index in [9.17, 15) is 14.0 Å². The predicted octanol–water partition coefficient (Wildman–Crippen LogP) is 1.27. The minimum Gasteiger partial charge on any atom is -0.347 e. The van der Waals surface area contributed by atoms with Gasteiger partial charge in [0.2, 0.25) is 11.8 Å². The van der Waals surface area contributed by atoms with Crippen molar-refractivity contribution < 1.29 is 14.0 Å². The molecule has 0 aliphatic carbocycles. The normalized spacial score (nSPS) is 21.6. The second-order valence-electron chi connectivity index (χ2n) is 5.35. The molecule has 1 heterocycles. The van der Waals surface area contributed by atoms with Crippen molar-refractivity contribution in [3.8, 4) is 0 Å². The molecule has 3 N–H and O–H groups in total. The van der Waals surface area contributed by atoms with Crippen LogP contribution in [-0.4, -0.2) is 30.9 Å². The van der Waals surface area contributed by atoms with Crippen LogP contribution in [0.15, 0.2) is 24.3 Å². The molecule has 2 atom stereocenters. The Bertz CT molecular complexity index is 504. The second-order valence-corrected chi connectivity index (χ2v) is 5.35. The first kappa shape index (κ1) is 15.4. The number of amides is 2. The highest BCUT2D eigenvalue weighted by molar-refractivity contribution is 5.94. The van der Waals surface area contributed by atoms with E-state index >= 15 is 0 Å². The number of anilines is 1. The lowest BCUT2D eigenvalue weighted by Crippen LogP contribution is -2.44. The Kier molecular flexibility index (Phi) is 5.27. The molecule has 21 heavy (non-hydrogen) atoms. The zero-order chi connectivity index (χ0) is 15.2. The average molecular weight is 293 g/mol. The third kappa shape index (κ3) is 4.82. The summed E-state index contributed by atoms with van der Waals surface area (Å²) in [5.74, 6) is -0.809. The fraction of sp³-hybridized carbons (Fsp3) is 0.467. The number of hydrogen-bond donors (Lipinski definition) is 3. The third-order valence-electron chi connectivity index (χ3n) is 3.55. The maximum absolute atomic E-state index is 12.7. The highest BCUT2D eigenvalue weighted by Crippen LogP contribution is 2.15. The highest BCUT2D eigenvalue weighted by Gasteiger charge is 2.24. The van der Waals surface area contributed by atoms with E-state index in [1.54, 1.807) is 0 Å². The zero-order valence-corrected chi connectivity index (χ0v) is 12.0. The van der Waals surface area contributed by atoms with Gasteiger partial charge in [0, 0.05) is 17.6 Å². The molecule has 0 radical (unpaired) electrons. The molecule has 1 saturated heterocycles. The molecule has 1 aromatic rings. The quantitative estimate of drug-likeness (QED) is 0.783. The van der Waals surface area contributed by atoms with E-state index in [0.717, 1.165) is 19.4 Å². The minimum atomic E-state index is -0.360. The molecule has 2 amide bonds. The van der Waals surface area contributed by atoms with Gasteiger partial charge in [0.15, 0.2) is 0 Å². The lowest BCUT2D eigenvalue weighted by molar-refractivity contribution is -0.128. The smallest absolute Gasteiger partial charge is 0.243 e. The molecule has 1 aliphatic heterocycles. The number of piperidine rings is 1. The van der Waals surface area contributed by atoms with Crippen molar-refractivity contribution in [2.24, 2.45) is 5.92 Å². The van der Waals surface area contributed by atoms with Crippen LogP contribution in [0.1, 0.15) is 19.8 Å². The Balaban J connectivity index is 1.75. The molecule has 0 aromatic heterocycles. The van der Waals surface area contributed by atoms with E-state index in [0.29, 0.717) is 11.7 Å². The number of rotatable bonds is 4. The molecule has 0 spiro atoms. The standard InChI is InChI=1S/C15H20FN3O2/c1-10-8-11(6-7-17-10)15(21)18-9-14(20)19-13-4-2-12(16)3-5-13/h2-5,10-11,17H,6-9H2,1H3,(H,18,21)(H,19,20)/t10-,11-/m0/s1. The molecule has 2 rings (SSSR count). The van der Waals surface area contributed by atoms with Crippen LogP contribution in [0.4, 0.5) is 10.1 Å². The zero-order valence-electron chi connectivity index (χ0n) is 12.0. The first-order chi connectivity index (χ1) is 10.0. The lowest BCUT2D eigenvalue weighted by atomic mass is 9.92. The first-order valence-electron chi connectivity index (χ1n) is 7.11. The van der Waals surface area contributed by atoms with Gasteiger partial charge in [-0.05, 0) is 50.6 Å². The molecule has 6 heteroatoms. The van der Waals surface area contributed by atoms with E-state index in [4.69, 9.17) is 0 Å². The summed E-state index contributed by atoms with van der Waals surface area (Å²) < 4.78 is 12.7. The van der Waals surface area contributed by atoms with Crippen LogP contribution < -0.4 is 16.0 Å². The van der Waals surface area contributed by atoms with Crippen molar-refractivity contribution in [3.63, 3.8) is 0 Å². The summed E-state index contributed by atoms with van der Waals surface area (Å²) >= 11 is 0. The maximum Gasteiger partial charge on any atom is 0.243 e. The lowest BCUT2D eigenvalue weighted by Gasteiger charge is -2.26. The third-order valence-corrected chi connectivity index (χ3v) is 3.55. The van der Waals surface area contributed by atoms with Gasteiger partial charge in [-0.3, -0.25) is 9.59 Å². The maximum atomic E-state index is 12.7. The van der Waals surface area contributed by atoms with Gasteiger partial charge in [-0.2, -0.15) is 0 Å². The molecule has 0 saturated carbocycles. The van der Waals surface area contributed by atoms with E-state index in [2.05, 4.69) is 16.0 Å². The Morgan fingerprint density at radius 1 is 1.33 bits per heavy atom. The Labute approximate surface area is 123 Å². The van der Waals surface area contributed by atoms with Gasteiger partial charge < -0.3 is 16.0 Å². The average Bonchev–Trinajstić information content (AvgIpc) is 2.47. The van der Waals surface area contributed by atoms with Crippen LogP contribution in [0.3, 0.4) is 0 Å². The summed E-state index contributed by atoms with van der Waals surface area (Å²) in [7, 11) is 0. The summed E-state index contributed by atoms with van der Waals surface area (Å²) in [5, 5.41) is 8.53. The molecule has 0 unspecified atom stereocenters. The molecule has 5 nitrogen and oxygen atoms in total. The number of nitrogens with one attached hydrogen (secondary N) is 3. The largest absolute Gasteiger partial charge is 0.347 e. The Morgan fingerprint density at radius 2 is 2.05 bits per heavy atom. The fourth-order valence-corrected chi connectivity index (χ4v) is 2.42. The molecule has 1 aliphatic rings. The van der Waals surface area contributed by atoms with Crippen LogP contribution in [0.2, 0.25) is 0 Å². The summed E-state index contributed by atoms with van der Waals surface area (Å²) in [4.78, 5) is 23.7. The van der Waals surface area contributed by atoms with Crippen LogP contribution in [0.25, 0.3) is 0 Å². The van der Waals surface area contributed by atoms with E-state index in [1.807, 2.05) is 6.92 Å². The minimum absolute atomic E-state index is 0.0418. The highest BCUT2D eigenvalue weighted by atomic mass is 19.1. The van der Waals surface area contributed by atoms with Gasteiger partial charge >= 0.3 is 0 Å². The Morgan fingerprint density at radius 3 is 2.71 bits per heavy atom. The number of carbonyl (C=O) groups is 2. The second kappa shape index (κ2) is 7.17. The van der Waals surface area contributed by atoms with E-state index in [-0.39, 0.29) is 30.1 Å². The van der Waals surface area contributed by atoms with Crippen molar-refractivity contribution in [2.75, 3.05) is 18.4 Å². The van der Waals surface area contributed by atoms with Crippen molar-refractivity contribution in [1.82, 2.24) is 10.6 Å². The van der Waals surface area contributed by atoms with Gasteiger partial charge in [-0.1, -0.05) is 0 Å². The summed E-state index contributed by atoms with van der Waals surface area (Å²) in [5.41, 5.74) is 0.506. The van der Waals surface area contributed by atoms with Gasteiger partial charge in [0.25, 0.3) is 0 Å². The van der Waals surface area contributed by atoms with Crippen LogP contribution in [0, 0.1) is 11.7 Å². The fourth-order valence-electron chi connectivity index (χ4n) is 2.42. The van der Waals surface area contributed by atoms with Gasteiger partial charge in [-0.25, -0.2) is 4.39 Å². The van der Waals surface area contributed by atoms with E-state index < -0.39 is 0 Å². The number of benzene rings is 1. The topological polar surface area (TPSA) is 70.2 Å². The van der Waals surface area contributed by atoms with Gasteiger partial charge in [-0.15, -0.1) is 0 Å². The van der Waals surface area contributed by atoms with Crippen molar-refractivity contribution in [1.29, 1.82) is 0 Å². The van der Waals surface area contributed by atoms with Crippen molar-refractivity contribution in [2.45, 2.75) is 25.8 Å². The summed E-state index contributed by atoms with van der Waals surface area (Å²) in [6.45, 7) is 2.79. The first-order valence-corrected chi connectivity index (χ1v) is 7.11. The van der Waals surface area contributed by atoms with Crippen molar-refractivity contribution in [3.05, 3.63) is 30.1 Å². The number of carbonyl (C=O) groups excluding carboxylic acids is 2. The van der Waals surface area contributed by atoms with Crippen LogP contribution >= 0.6 is 0 Å². The molecule has 1 aromatic carbocycles. The van der Waals surface area contributed by atoms with Crippen LogP contribution in [-0.2, 0) is 9.59 Å². The molecular weight excluding hydrogens is 273 g/mol. The number of hydrogen-bond acceptors (Lipinski definition) is 3. The Hall–Kier alpha value is -1.95. The predicted molar refractivity (Wildman–Crippen MR) is 78.2 cm³/mol. The molecule has 0 bridgehead atoms. The molecular formula is C15H20FN3O2. The van der Waals surface area contributed by atoms with Crippen molar-refractivity contribution >= 4 is 17.5 Å². The molecule has 1 fully saturated rings. The van der Waals surface area contributed by atoms with E-state index in [1.165, 1.54) is 24.3 Å². The van der Waals surface area contributed by atoms with Crippen LogP contribution in [0.5, 0.6) is 0 Å².